The number of hydrogen-bond donors (Lipinski definition) is 1. The van der Waals surface area contributed by atoms with E-state index in [1.165, 1.54) is 37.8 Å². The van der Waals surface area contributed by atoms with Crippen LogP contribution in [0.1, 0.15) is 31.2 Å². The summed E-state index contributed by atoms with van der Waals surface area (Å²) >= 11 is 7.13. The van der Waals surface area contributed by atoms with Crippen LogP contribution in [0, 0.1) is 17.8 Å². The Bertz CT molecular complexity index is 448. The van der Waals surface area contributed by atoms with Crippen LogP contribution in [-0.2, 0) is 6.54 Å². The van der Waals surface area contributed by atoms with Gasteiger partial charge in [-0.2, -0.15) is 0 Å². The zero-order valence-corrected chi connectivity index (χ0v) is 15.0. The fourth-order valence-corrected chi connectivity index (χ4v) is 4.66. The molecular formula is C16H21Br2NO. The maximum Gasteiger partial charge on any atom is 0.147 e. The molecule has 0 heterocycles. The average molecular weight is 403 g/mol. The maximum atomic E-state index is 5.34. The van der Waals surface area contributed by atoms with Gasteiger partial charge in [0.25, 0.3) is 0 Å². The van der Waals surface area contributed by atoms with Gasteiger partial charge < -0.3 is 10.1 Å². The molecule has 4 heteroatoms. The molecule has 0 aromatic heterocycles. The third-order valence-electron chi connectivity index (χ3n) is 4.43. The normalized spacial score (nSPS) is 18.6. The predicted octanol–water partition coefficient (Wildman–Crippen LogP) is 4.75. The van der Waals surface area contributed by atoms with Gasteiger partial charge in [0.05, 0.1) is 16.1 Å². The van der Waals surface area contributed by atoms with E-state index in [1.807, 2.05) is 0 Å². The van der Waals surface area contributed by atoms with Crippen molar-refractivity contribution in [2.75, 3.05) is 13.7 Å². The highest BCUT2D eigenvalue weighted by molar-refractivity contribution is 9.11. The lowest BCUT2D eigenvalue weighted by Gasteiger charge is -2.17. The van der Waals surface area contributed by atoms with Crippen LogP contribution in [0.4, 0.5) is 0 Å². The standard InChI is InChI=1S/C16H21Br2NO/c1-20-16-14(17)6-10(7-15(16)18)8-19-9-13(11-2-3-11)12-4-5-12/h6-7,11-13,19H,2-5,8-9H2,1H3. The summed E-state index contributed by atoms with van der Waals surface area (Å²) < 4.78 is 7.35. The van der Waals surface area contributed by atoms with Crippen LogP contribution in [-0.4, -0.2) is 13.7 Å². The van der Waals surface area contributed by atoms with Gasteiger partial charge in [0.15, 0.2) is 0 Å². The summed E-state index contributed by atoms with van der Waals surface area (Å²) in [7, 11) is 1.69. The van der Waals surface area contributed by atoms with Gasteiger partial charge in [-0.15, -0.1) is 0 Å². The van der Waals surface area contributed by atoms with E-state index >= 15 is 0 Å². The Morgan fingerprint density at radius 2 is 1.70 bits per heavy atom. The lowest BCUT2D eigenvalue weighted by Crippen LogP contribution is -2.25. The van der Waals surface area contributed by atoms with Crippen LogP contribution in [0.3, 0.4) is 0 Å². The van der Waals surface area contributed by atoms with Crippen molar-refractivity contribution in [3.63, 3.8) is 0 Å². The topological polar surface area (TPSA) is 21.3 Å². The zero-order valence-electron chi connectivity index (χ0n) is 11.8. The van der Waals surface area contributed by atoms with Crippen LogP contribution in [0.15, 0.2) is 21.1 Å². The van der Waals surface area contributed by atoms with Crippen molar-refractivity contribution in [3.8, 4) is 5.75 Å². The van der Waals surface area contributed by atoms with Crippen LogP contribution in [0.2, 0.25) is 0 Å². The molecular weight excluding hydrogens is 382 g/mol. The SMILES string of the molecule is COc1c(Br)cc(CNCC(C2CC2)C2CC2)cc1Br. The van der Waals surface area contributed by atoms with Crippen molar-refractivity contribution in [2.45, 2.75) is 32.2 Å². The number of ether oxygens (including phenoxy) is 1. The van der Waals surface area contributed by atoms with Crippen molar-refractivity contribution in [1.82, 2.24) is 5.32 Å². The lowest BCUT2D eigenvalue weighted by molar-refractivity contribution is 0.378. The highest BCUT2D eigenvalue weighted by Crippen LogP contribution is 2.48. The van der Waals surface area contributed by atoms with Crippen LogP contribution in [0.5, 0.6) is 5.75 Å². The summed E-state index contributed by atoms with van der Waals surface area (Å²) in [6, 6.07) is 4.28. The fourth-order valence-electron chi connectivity index (χ4n) is 3.06. The Labute approximate surface area is 137 Å². The number of halogens is 2. The Kier molecular flexibility index (Phi) is 4.73. The van der Waals surface area contributed by atoms with Crippen molar-refractivity contribution >= 4 is 31.9 Å². The second kappa shape index (κ2) is 6.37. The Morgan fingerprint density at radius 3 is 2.15 bits per heavy atom. The average Bonchev–Trinajstić information content (AvgIpc) is 3.27. The summed E-state index contributed by atoms with van der Waals surface area (Å²) in [6.45, 7) is 2.10. The Hall–Kier alpha value is -0.0600. The van der Waals surface area contributed by atoms with Gasteiger partial charge >= 0.3 is 0 Å². The maximum absolute atomic E-state index is 5.34. The highest BCUT2D eigenvalue weighted by Gasteiger charge is 2.40. The van der Waals surface area contributed by atoms with Crippen molar-refractivity contribution in [1.29, 1.82) is 0 Å². The van der Waals surface area contributed by atoms with Gasteiger partial charge in [-0.05, 0) is 99.5 Å². The minimum absolute atomic E-state index is 0.864. The van der Waals surface area contributed by atoms with Crippen molar-refractivity contribution in [3.05, 3.63) is 26.6 Å². The first-order valence-electron chi connectivity index (χ1n) is 7.41. The van der Waals surface area contributed by atoms with Gasteiger partial charge in [0.2, 0.25) is 0 Å². The molecule has 2 nitrogen and oxygen atoms in total. The largest absolute Gasteiger partial charge is 0.494 e. The number of benzene rings is 1. The molecule has 0 aliphatic heterocycles. The van der Waals surface area contributed by atoms with E-state index in [0.29, 0.717) is 0 Å². The first-order valence-corrected chi connectivity index (χ1v) is 9.00. The Morgan fingerprint density at radius 1 is 1.15 bits per heavy atom. The monoisotopic (exact) mass is 401 g/mol. The van der Waals surface area contributed by atoms with Gasteiger partial charge in [0.1, 0.15) is 5.75 Å². The third kappa shape index (κ3) is 3.58. The first kappa shape index (κ1) is 14.9. The number of hydrogen-bond acceptors (Lipinski definition) is 2. The molecule has 0 spiro atoms. The predicted molar refractivity (Wildman–Crippen MR) is 89.0 cm³/mol. The molecule has 0 amide bonds. The third-order valence-corrected chi connectivity index (χ3v) is 5.60. The highest BCUT2D eigenvalue weighted by atomic mass is 79.9. The van der Waals surface area contributed by atoms with Crippen LogP contribution >= 0.6 is 31.9 Å². The van der Waals surface area contributed by atoms with E-state index in [9.17, 15) is 0 Å². The molecule has 0 bridgehead atoms. The molecule has 0 radical (unpaired) electrons. The second-order valence-electron chi connectivity index (χ2n) is 6.06. The summed E-state index contributed by atoms with van der Waals surface area (Å²) in [5.41, 5.74) is 1.29. The quantitative estimate of drug-likeness (QED) is 0.710. The minimum Gasteiger partial charge on any atom is -0.494 e. The number of nitrogens with one attached hydrogen (secondary N) is 1. The summed E-state index contributed by atoms with van der Waals surface area (Å²) in [5.74, 6) is 3.83. The molecule has 110 valence electrons. The van der Waals surface area contributed by atoms with Gasteiger partial charge in [-0.1, -0.05) is 0 Å². The summed E-state index contributed by atoms with van der Waals surface area (Å²) in [5, 5.41) is 3.65. The van der Waals surface area contributed by atoms with E-state index in [1.54, 1.807) is 7.11 Å². The molecule has 1 N–H and O–H groups in total. The van der Waals surface area contributed by atoms with E-state index in [0.717, 1.165) is 39.0 Å². The summed E-state index contributed by atoms with van der Waals surface area (Å²) in [4.78, 5) is 0. The zero-order chi connectivity index (χ0) is 14.1. The number of rotatable bonds is 7. The van der Waals surface area contributed by atoms with Crippen molar-refractivity contribution in [2.24, 2.45) is 17.8 Å². The van der Waals surface area contributed by atoms with E-state index in [-0.39, 0.29) is 0 Å². The molecule has 2 aliphatic carbocycles. The molecule has 1 aromatic carbocycles. The lowest BCUT2D eigenvalue weighted by atomic mass is 9.98. The molecule has 0 unspecified atom stereocenters. The smallest absolute Gasteiger partial charge is 0.147 e. The van der Waals surface area contributed by atoms with Crippen molar-refractivity contribution < 1.29 is 4.74 Å². The molecule has 0 saturated heterocycles. The molecule has 2 aliphatic rings. The van der Waals surface area contributed by atoms with Gasteiger partial charge in [-0.25, -0.2) is 0 Å². The minimum atomic E-state index is 0.864. The Balaban J connectivity index is 1.55. The molecule has 3 rings (SSSR count). The molecule has 2 fully saturated rings. The molecule has 0 atom stereocenters. The van der Waals surface area contributed by atoms with E-state index in [4.69, 9.17) is 4.74 Å². The summed E-state index contributed by atoms with van der Waals surface area (Å²) in [6.07, 6.45) is 5.84. The van der Waals surface area contributed by atoms with Crippen LogP contribution in [0.25, 0.3) is 0 Å². The second-order valence-corrected chi connectivity index (χ2v) is 7.77. The first-order chi connectivity index (χ1) is 9.69. The van der Waals surface area contributed by atoms with E-state index < -0.39 is 0 Å². The number of methoxy groups -OCH3 is 1. The molecule has 1 aromatic rings. The van der Waals surface area contributed by atoms with Gasteiger partial charge in [-0.3, -0.25) is 0 Å². The van der Waals surface area contributed by atoms with Crippen LogP contribution < -0.4 is 10.1 Å². The fraction of sp³-hybridized carbons (Fsp3) is 0.625. The van der Waals surface area contributed by atoms with E-state index in [2.05, 4.69) is 49.3 Å². The molecule has 2 saturated carbocycles. The molecule has 20 heavy (non-hydrogen) atoms. The van der Waals surface area contributed by atoms with Gasteiger partial charge in [0, 0.05) is 6.54 Å².